The monoisotopic (exact) mass is 432 g/mol. The van der Waals surface area contributed by atoms with Crippen LogP contribution in [0.25, 0.3) is 11.0 Å². The van der Waals surface area contributed by atoms with E-state index in [4.69, 9.17) is 0 Å². The van der Waals surface area contributed by atoms with Gasteiger partial charge in [-0.1, -0.05) is 12.1 Å². The molecule has 3 heterocycles. The quantitative estimate of drug-likeness (QED) is 0.651. The van der Waals surface area contributed by atoms with Crippen LogP contribution in [0, 0.1) is 12.8 Å². The van der Waals surface area contributed by atoms with Gasteiger partial charge in [-0.3, -0.25) is 14.5 Å². The summed E-state index contributed by atoms with van der Waals surface area (Å²) in [7, 11) is -3.49. The number of rotatable bonds is 6. The van der Waals surface area contributed by atoms with Gasteiger partial charge in [-0.25, -0.2) is 17.7 Å². The highest BCUT2D eigenvalue weighted by Crippen LogP contribution is 2.25. The van der Waals surface area contributed by atoms with Gasteiger partial charge >= 0.3 is 0 Å². The van der Waals surface area contributed by atoms with Crippen LogP contribution in [0.3, 0.4) is 0 Å². The average Bonchev–Trinajstić information content (AvgIpc) is 3.03. The molecule has 0 radical (unpaired) electrons. The number of carbonyl (C=O) groups excluding carboxylic acids is 2. The van der Waals surface area contributed by atoms with E-state index in [1.807, 2.05) is 25.1 Å². The number of fused-ring (bicyclic) bond motifs is 1. The Morgan fingerprint density at radius 2 is 1.73 bits per heavy atom. The van der Waals surface area contributed by atoms with Crippen LogP contribution in [0.15, 0.2) is 24.3 Å². The van der Waals surface area contributed by atoms with Crippen molar-refractivity contribution >= 4 is 32.9 Å². The van der Waals surface area contributed by atoms with E-state index in [2.05, 4.69) is 15.6 Å². The van der Waals surface area contributed by atoms with Crippen LogP contribution in [0.1, 0.15) is 37.9 Å². The molecule has 2 aromatic rings. The third kappa shape index (κ3) is 4.27. The highest BCUT2D eigenvalue weighted by Gasteiger charge is 2.31. The number of likely N-dealkylation sites (tertiary alicyclic amines) is 1. The van der Waals surface area contributed by atoms with E-state index < -0.39 is 10.0 Å². The van der Waals surface area contributed by atoms with Crippen LogP contribution >= 0.6 is 0 Å². The number of benzene rings is 1. The Kier molecular flexibility index (Phi) is 5.92. The van der Waals surface area contributed by atoms with Crippen LogP contribution in [0.4, 0.5) is 0 Å². The molecule has 2 amide bonds. The molecule has 162 valence electrons. The zero-order chi connectivity index (χ0) is 21.3. The van der Waals surface area contributed by atoms with E-state index in [-0.39, 0.29) is 24.1 Å². The molecule has 0 unspecified atom stereocenters. The van der Waals surface area contributed by atoms with Crippen molar-refractivity contribution < 1.29 is 18.0 Å². The van der Waals surface area contributed by atoms with Gasteiger partial charge in [0.25, 0.3) is 0 Å². The van der Waals surface area contributed by atoms with Gasteiger partial charge in [-0.05, 0) is 44.2 Å². The molecule has 0 atom stereocenters. The van der Waals surface area contributed by atoms with E-state index in [9.17, 15) is 18.0 Å². The third-order valence-electron chi connectivity index (χ3n) is 6.21. The standard InChI is InChI=1S/C21H28N4O4S/c1-16-22-18-5-2-3-6-19(18)25(16)15-17-9-11-23(12-10-17)30(28,29)14-13-24-20(26)7-4-8-21(24)27/h2-3,5-6,17H,4,7-15H2,1H3. The van der Waals surface area contributed by atoms with Crippen LogP contribution in [-0.2, 0) is 26.2 Å². The second-order valence-electron chi connectivity index (χ2n) is 8.21. The lowest BCUT2D eigenvalue weighted by Crippen LogP contribution is -2.46. The first-order chi connectivity index (χ1) is 14.3. The summed E-state index contributed by atoms with van der Waals surface area (Å²) in [6.07, 6.45) is 2.76. The largest absolute Gasteiger partial charge is 0.328 e. The van der Waals surface area contributed by atoms with Crippen molar-refractivity contribution in [3.05, 3.63) is 30.1 Å². The second kappa shape index (κ2) is 8.47. The molecular formula is C21H28N4O4S. The maximum atomic E-state index is 12.8. The van der Waals surface area contributed by atoms with Crippen LogP contribution in [-0.4, -0.2) is 64.4 Å². The molecule has 0 saturated carbocycles. The van der Waals surface area contributed by atoms with Gasteiger partial charge in [-0.15, -0.1) is 0 Å². The topological polar surface area (TPSA) is 92.6 Å². The Hall–Kier alpha value is -2.26. The summed E-state index contributed by atoms with van der Waals surface area (Å²) in [6, 6.07) is 8.06. The molecule has 0 spiro atoms. The highest BCUT2D eigenvalue weighted by molar-refractivity contribution is 7.89. The predicted octanol–water partition coefficient (Wildman–Crippen LogP) is 1.93. The van der Waals surface area contributed by atoms with Crippen molar-refractivity contribution in [2.75, 3.05) is 25.4 Å². The summed E-state index contributed by atoms with van der Waals surface area (Å²) in [5.41, 5.74) is 2.10. The number of imide groups is 1. The molecule has 2 saturated heterocycles. The van der Waals surface area contributed by atoms with Gasteiger partial charge in [0.2, 0.25) is 21.8 Å². The molecule has 2 fully saturated rings. The van der Waals surface area contributed by atoms with Gasteiger partial charge in [0.05, 0.1) is 16.8 Å². The van der Waals surface area contributed by atoms with E-state index in [0.717, 1.165) is 41.1 Å². The summed E-state index contributed by atoms with van der Waals surface area (Å²) in [4.78, 5) is 29.5. The number of nitrogens with zero attached hydrogens (tertiary/aromatic N) is 4. The molecule has 0 bridgehead atoms. The number of sulfonamides is 1. The lowest BCUT2D eigenvalue weighted by atomic mass is 9.98. The van der Waals surface area contributed by atoms with Gasteiger partial charge < -0.3 is 4.57 Å². The molecular weight excluding hydrogens is 404 g/mol. The molecule has 30 heavy (non-hydrogen) atoms. The SMILES string of the molecule is Cc1nc2ccccc2n1CC1CCN(S(=O)(=O)CCN2C(=O)CCCC2=O)CC1. The molecule has 0 N–H and O–H groups in total. The van der Waals surface area contributed by atoms with Gasteiger partial charge in [0.15, 0.2) is 0 Å². The minimum atomic E-state index is -3.49. The first-order valence-electron chi connectivity index (χ1n) is 10.6. The number of aryl methyl sites for hydroxylation is 1. The number of carbonyl (C=O) groups is 2. The van der Waals surface area contributed by atoms with Gasteiger partial charge in [0.1, 0.15) is 5.82 Å². The smallest absolute Gasteiger partial charge is 0.229 e. The molecule has 1 aromatic carbocycles. The number of hydrogen-bond donors (Lipinski definition) is 0. The predicted molar refractivity (Wildman–Crippen MR) is 113 cm³/mol. The molecule has 2 aliphatic heterocycles. The van der Waals surface area contributed by atoms with Crippen LogP contribution < -0.4 is 0 Å². The van der Waals surface area contributed by atoms with E-state index in [1.54, 1.807) is 0 Å². The fourth-order valence-electron chi connectivity index (χ4n) is 4.44. The molecule has 1 aromatic heterocycles. The highest BCUT2D eigenvalue weighted by atomic mass is 32.2. The molecule has 9 heteroatoms. The molecule has 8 nitrogen and oxygen atoms in total. The summed E-state index contributed by atoms with van der Waals surface area (Å²) >= 11 is 0. The van der Waals surface area contributed by atoms with Crippen molar-refractivity contribution in [1.29, 1.82) is 0 Å². The summed E-state index contributed by atoms with van der Waals surface area (Å²) < 4.78 is 29.2. The zero-order valence-corrected chi connectivity index (χ0v) is 18.1. The Bertz CT molecular complexity index is 1040. The summed E-state index contributed by atoms with van der Waals surface area (Å²) in [5, 5.41) is 0. The maximum Gasteiger partial charge on any atom is 0.229 e. The Balaban J connectivity index is 1.34. The van der Waals surface area contributed by atoms with Crippen molar-refractivity contribution in [3.63, 3.8) is 0 Å². The van der Waals surface area contributed by atoms with Crippen molar-refractivity contribution in [1.82, 2.24) is 18.8 Å². The number of piperidine rings is 2. The first kappa shape index (κ1) is 21.0. The minimum absolute atomic E-state index is 0.0415. The number of amides is 2. The zero-order valence-electron chi connectivity index (χ0n) is 17.3. The van der Waals surface area contributed by atoms with Crippen molar-refractivity contribution in [3.8, 4) is 0 Å². The van der Waals surface area contributed by atoms with E-state index in [1.165, 1.54) is 4.31 Å². The lowest BCUT2D eigenvalue weighted by molar-refractivity contribution is -0.147. The number of imidazole rings is 1. The fraction of sp³-hybridized carbons (Fsp3) is 0.571. The fourth-order valence-corrected chi connectivity index (χ4v) is 5.88. The molecule has 0 aliphatic carbocycles. The summed E-state index contributed by atoms with van der Waals surface area (Å²) in [5.74, 6) is 0.645. The maximum absolute atomic E-state index is 12.8. The van der Waals surface area contributed by atoms with Gasteiger partial charge in [-0.2, -0.15) is 0 Å². The lowest BCUT2D eigenvalue weighted by Gasteiger charge is -2.32. The van der Waals surface area contributed by atoms with Crippen molar-refractivity contribution in [2.45, 2.75) is 45.6 Å². The normalized spacial score (nSPS) is 19.7. The molecule has 2 aliphatic rings. The Morgan fingerprint density at radius 3 is 2.43 bits per heavy atom. The first-order valence-corrected chi connectivity index (χ1v) is 12.2. The number of hydrogen-bond acceptors (Lipinski definition) is 5. The van der Waals surface area contributed by atoms with E-state index in [0.29, 0.717) is 38.3 Å². The van der Waals surface area contributed by atoms with Gasteiger partial charge in [0, 0.05) is 39.0 Å². The summed E-state index contributed by atoms with van der Waals surface area (Å²) in [6.45, 7) is 3.74. The van der Waals surface area contributed by atoms with Crippen LogP contribution in [0.2, 0.25) is 0 Å². The third-order valence-corrected chi connectivity index (χ3v) is 8.06. The Labute approximate surface area is 176 Å². The number of aromatic nitrogens is 2. The van der Waals surface area contributed by atoms with Crippen molar-refractivity contribution in [2.24, 2.45) is 5.92 Å². The minimum Gasteiger partial charge on any atom is -0.328 e. The average molecular weight is 433 g/mol. The number of para-hydroxylation sites is 2. The van der Waals surface area contributed by atoms with Crippen LogP contribution in [0.5, 0.6) is 0 Å². The second-order valence-corrected chi connectivity index (χ2v) is 10.3. The molecule has 4 rings (SSSR count). The Morgan fingerprint density at radius 1 is 1.07 bits per heavy atom. The van der Waals surface area contributed by atoms with E-state index >= 15 is 0 Å².